The molecule has 5 rings (SSSR count). The third-order valence-corrected chi connectivity index (χ3v) is 7.54. The van der Waals surface area contributed by atoms with Gasteiger partial charge in [-0.3, -0.25) is 0 Å². The predicted octanol–water partition coefficient (Wildman–Crippen LogP) is 0.526. The smallest absolute Gasteiger partial charge is 0.352 e. The van der Waals surface area contributed by atoms with E-state index in [1.54, 1.807) is 12.1 Å². The molecule has 0 radical (unpaired) electrons. The fourth-order valence-electron chi connectivity index (χ4n) is 5.96. The Morgan fingerprint density at radius 2 is 2.03 bits per heavy atom. The first-order valence-electron chi connectivity index (χ1n) is 10.8. The molecule has 2 aliphatic heterocycles. The summed E-state index contributed by atoms with van der Waals surface area (Å²) in [5, 5.41) is 31.9. The van der Waals surface area contributed by atoms with Crippen molar-refractivity contribution in [3.63, 3.8) is 0 Å². The predicted molar refractivity (Wildman–Crippen MR) is 110 cm³/mol. The van der Waals surface area contributed by atoms with E-state index in [1.807, 2.05) is 13.1 Å². The Hall–Kier alpha value is -2.62. The van der Waals surface area contributed by atoms with E-state index in [4.69, 9.17) is 14.2 Å². The van der Waals surface area contributed by atoms with Gasteiger partial charge in [0.2, 0.25) is 0 Å². The molecule has 9 heteroatoms. The minimum Gasteiger partial charge on any atom is -0.504 e. The van der Waals surface area contributed by atoms with E-state index in [2.05, 4.69) is 4.90 Å². The number of nitrogens with zero attached hydrogens (tertiary/aromatic N) is 1. The largest absolute Gasteiger partial charge is 0.504 e. The first-order chi connectivity index (χ1) is 15.1. The quantitative estimate of drug-likeness (QED) is 0.569. The Kier molecular flexibility index (Phi) is 4.60. The number of hydrogen-bond acceptors (Lipinski definition) is 9. The van der Waals surface area contributed by atoms with Crippen LogP contribution in [0.25, 0.3) is 0 Å². The highest BCUT2D eigenvalue weighted by molar-refractivity contribution is 5.81. The van der Waals surface area contributed by atoms with Crippen molar-refractivity contribution in [3.05, 3.63) is 35.1 Å². The molecule has 32 heavy (non-hydrogen) atoms. The van der Waals surface area contributed by atoms with Gasteiger partial charge in [0.15, 0.2) is 23.7 Å². The Balaban J connectivity index is 1.53. The van der Waals surface area contributed by atoms with Gasteiger partial charge in [0.25, 0.3) is 0 Å². The summed E-state index contributed by atoms with van der Waals surface area (Å²) in [5.41, 5.74) is -0.217. The molecular weight excluding hydrogens is 418 g/mol. The van der Waals surface area contributed by atoms with Crippen molar-refractivity contribution in [1.29, 1.82) is 0 Å². The summed E-state index contributed by atoms with van der Waals surface area (Å²) in [6, 6.07) is 3.31. The molecular formula is C23H27NO8. The summed E-state index contributed by atoms with van der Waals surface area (Å²) in [7, 11) is 1.99. The van der Waals surface area contributed by atoms with Crippen molar-refractivity contribution in [1.82, 2.24) is 4.90 Å². The van der Waals surface area contributed by atoms with E-state index in [9.17, 15) is 24.9 Å². The van der Waals surface area contributed by atoms with E-state index >= 15 is 0 Å². The molecule has 4 aliphatic rings. The number of aromatic hydroxyl groups is 1. The minimum absolute atomic E-state index is 0.0165. The van der Waals surface area contributed by atoms with Gasteiger partial charge in [-0.15, -0.1) is 0 Å². The van der Waals surface area contributed by atoms with Gasteiger partial charge in [0.1, 0.15) is 11.9 Å². The van der Waals surface area contributed by atoms with E-state index in [0.29, 0.717) is 25.1 Å². The lowest BCUT2D eigenvalue weighted by molar-refractivity contribution is -0.177. The molecule has 0 aromatic heterocycles. The number of likely N-dealkylation sites (N-methyl/N-ethyl adjacent to an activating group) is 1. The number of ether oxygens (including phenoxy) is 3. The SMILES string of the molecule is C[C@H](O)C(=O)O[C@@H](C)C(=O)OC1=CC[C@]2(O)C3Cc4ccc(O)c5c4[C@@]2(CCN3C)[C@H]1O5. The van der Waals surface area contributed by atoms with Crippen LogP contribution in [-0.4, -0.2) is 75.7 Å². The highest BCUT2D eigenvalue weighted by Crippen LogP contribution is 2.65. The maximum Gasteiger partial charge on any atom is 0.352 e. The molecule has 0 amide bonds. The van der Waals surface area contributed by atoms with E-state index in [1.165, 1.54) is 13.8 Å². The molecule has 3 N–H and O–H groups in total. The number of benzene rings is 1. The molecule has 1 aromatic rings. The van der Waals surface area contributed by atoms with Crippen molar-refractivity contribution in [2.75, 3.05) is 13.6 Å². The van der Waals surface area contributed by atoms with Gasteiger partial charge < -0.3 is 34.4 Å². The normalized spacial score (nSPS) is 34.0. The zero-order valence-corrected chi connectivity index (χ0v) is 18.2. The third-order valence-electron chi connectivity index (χ3n) is 7.54. The lowest BCUT2D eigenvalue weighted by Crippen LogP contribution is -2.74. The topological polar surface area (TPSA) is 126 Å². The van der Waals surface area contributed by atoms with Crippen LogP contribution in [0.4, 0.5) is 0 Å². The number of hydrogen-bond donors (Lipinski definition) is 3. The first kappa shape index (κ1) is 21.2. The molecule has 9 nitrogen and oxygen atoms in total. The molecule has 6 atom stereocenters. The Labute approximate surface area is 185 Å². The van der Waals surface area contributed by atoms with Gasteiger partial charge in [-0.25, -0.2) is 9.59 Å². The van der Waals surface area contributed by atoms with Gasteiger partial charge in [-0.2, -0.15) is 0 Å². The van der Waals surface area contributed by atoms with Crippen LogP contribution in [0.3, 0.4) is 0 Å². The number of likely N-dealkylation sites (tertiary alicyclic amines) is 1. The highest BCUT2D eigenvalue weighted by Gasteiger charge is 2.72. The third kappa shape index (κ3) is 2.61. The first-order valence-corrected chi connectivity index (χ1v) is 10.8. The molecule has 2 aliphatic carbocycles. The molecule has 1 spiro atoms. The van der Waals surface area contributed by atoms with Crippen LogP contribution in [-0.2, 0) is 30.9 Å². The summed E-state index contributed by atoms with van der Waals surface area (Å²) < 4.78 is 16.8. The molecule has 1 fully saturated rings. The van der Waals surface area contributed by atoms with Gasteiger partial charge >= 0.3 is 11.9 Å². The minimum atomic E-state index is -1.36. The lowest BCUT2D eigenvalue weighted by Gasteiger charge is -2.61. The molecule has 1 aromatic carbocycles. The number of aliphatic hydroxyl groups is 2. The zero-order valence-electron chi connectivity index (χ0n) is 18.2. The Morgan fingerprint density at radius 3 is 2.75 bits per heavy atom. The molecule has 1 saturated heterocycles. The van der Waals surface area contributed by atoms with E-state index in [0.717, 1.165) is 11.1 Å². The van der Waals surface area contributed by atoms with Crippen molar-refractivity contribution in [2.24, 2.45) is 0 Å². The number of phenolic OH excluding ortho intramolecular Hbond substituents is 1. The molecule has 2 bridgehead atoms. The second kappa shape index (κ2) is 6.94. The monoisotopic (exact) mass is 445 g/mol. The molecule has 0 saturated carbocycles. The maximum absolute atomic E-state index is 12.7. The van der Waals surface area contributed by atoms with Gasteiger partial charge in [0.05, 0.1) is 11.0 Å². The average molecular weight is 445 g/mol. The van der Waals surface area contributed by atoms with Crippen LogP contribution in [0.1, 0.15) is 37.8 Å². The fourth-order valence-corrected chi connectivity index (χ4v) is 5.96. The number of aliphatic hydroxyl groups excluding tert-OH is 1. The van der Waals surface area contributed by atoms with Crippen LogP contribution in [0.15, 0.2) is 24.0 Å². The number of carbonyl (C=O) groups is 2. The van der Waals surface area contributed by atoms with Crippen molar-refractivity contribution >= 4 is 11.9 Å². The summed E-state index contributed by atoms with van der Waals surface area (Å²) >= 11 is 0. The maximum atomic E-state index is 12.7. The van der Waals surface area contributed by atoms with Crippen LogP contribution >= 0.6 is 0 Å². The lowest BCUT2D eigenvalue weighted by atomic mass is 9.50. The van der Waals surface area contributed by atoms with Crippen molar-refractivity contribution in [3.8, 4) is 11.5 Å². The second-order valence-corrected chi connectivity index (χ2v) is 9.28. The standard InChI is InChI=1S/C23H27NO8/c1-11(25)20(27)30-12(2)21(28)31-15-6-7-23(29)16-10-13-4-5-14(26)18-17(13)22(23,19(15)32-18)8-9-24(16)3/h4-6,11-12,16,19,25-26,29H,7-10H2,1-3H3/t11-,12-,16?,19-,22-,23-/m0/s1. The van der Waals surface area contributed by atoms with E-state index < -0.39 is 41.3 Å². The Bertz CT molecular complexity index is 1040. The van der Waals surface area contributed by atoms with Gasteiger partial charge in [-0.1, -0.05) is 6.07 Å². The molecule has 1 unspecified atom stereocenters. The zero-order chi connectivity index (χ0) is 23.0. The van der Waals surface area contributed by atoms with Gasteiger partial charge in [-0.05, 0) is 58.0 Å². The number of phenols is 1. The van der Waals surface area contributed by atoms with Crippen molar-refractivity contribution in [2.45, 2.75) is 68.5 Å². The number of carbonyl (C=O) groups excluding carboxylic acids is 2. The van der Waals surface area contributed by atoms with Crippen LogP contribution in [0.2, 0.25) is 0 Å². The van der Waals surface area contributed by atoms with Crippen LogP contribution < -0.4 is 4.74 Å². The average Bonchev–Trinajstić information content (AvgIpc) is 3.10. The van der Waals surface area contributed by atoms with Crippen molar-refractivity contribution < 1.29 is 39.1 Å². The van der Waals surface area contributed by atoms with Crippen LogP contribution in [0, 0.1) is 0 Å². The second-order valence-electron chi connectivity index (χ2n) is 9.28. The Morgan fingerprint density at radius 1 is 1.28 bits per heavy atom. The number of piperidine rings is 1. The molecule has 2 heterocycles. The summed E-state index contributed by atoms with van der Waals surface area (Å²) in [4.78, 5) is 26.5. The number of rotatable bonds is 4. The molecule has 172 valence electrons. The van der Waals surface area contributed by atoms with Gasteiger partial charge in [0, 0.05) is 18.0 Å². The summed E-state index contributed by atoms with van der Waals surface area (Å²) in [6.07, 6.45) is -0.302. The summed E-state index contributed by atoms with van der Waals surface area (Å²) in [5.74, 6) is -1.20. The fraction of sp³-hybridized carbons (Fsp3) is 0.565. The highest BCUT2D eigenvalue weighted by atomic mass is 16.6. The number of esters is 2. The van der Waals surface area contributed by atoms with E-state index in [-0.39, 0.29) is 24.0 Å². The summed E-state index contributed by atoms with van der Waals surface area (Å²) in [6.45, 7) is 3.32. The van der Waals surface area contributed by atoms with Crippen LogP contribution in [0.5, 0.6) is 11.5 Å².